The molecule has 5 N–H and O–H groups in total. The molecule has 0 aliphatic carbocycles. The summed E-state index contributed by atoms with van der Waals surface area (Å²) in [7, 11) is 0. The molecule has 2 atom stereocenters. The maximum Gasteiger partial charge on any atom is 0.106 e. The van der Waals surface area contributed by atoms with Crippen molar-refractivity contribution < 1.29 is 25.5 Å². The van der Waals surface area contributed by atoms with Gasteiger partial charge in [0, 0.05) is 13.2 Å². The standard InChI is InChI=1S/C11H24O3.C6H14O2/c1-3-5-6-7-8-11(14,4-2)10(13)9-12;7-5-3-1-2-4-6-8/h10,12-14H,3-9H2,1-2H3;7-8H,1-6H2. The summed E-state index contributed by atoms with van der Waals surface area (Å²) < 4.78 is 0. The Morgan fingerprint density at radius 2 is 1.27 bits per heavy atom. The van der Waals surface area contributed by atoms with Crippen LogP contribution in [0, 0.1) is 0 Å². The van der Waals surface area contributed by atoms with Gasteiger partial charge in [-0.2, -0.15) is 0 Å². The van der Waals surface area contributed by atoms with Crippen LogP contribution in [0.15, 0.2) is 0 Å². The molecule has 0 rings (SSSR count). The first kappa shape index (κ1) is 24.1. The summed E-state index contributed by atoms with van der Waals surface area (Å²) in [6, 6.07) is 0. The molecule has 22 heavy (non-hydrogen) atoms. The van der Waals surface area contributed by atoms with Crippen molar-refractivity contribution in [3.63, 3.8) is 0 Å². The molecule has 0 radical (unpaired) electrons. The number of unbranched alkanes of at least 4 members (excludes halogenated alkanes) is 6. The molecule has 0 aromatic heterocycles. The van der Waals surface area contributed by atoms with Crippen molar-refractivity contribution >= 4 is 0 Å². The number of aliphatic hydroxyl groups is 5. The van der Waals surface area contributed by atoms with Crippen LogP contribution >= 0.6 is 0 Å². The molecule has 0 fully saturated rings. The monoisotopic (exact) mass is 322 g/mol. The lowest BCUT2D eigenvalue weighted by molar-refractivity contribution is -0.102. The first-order valence-electron chi connectivity index (χ1n) is 8.75. The molecule has 0 heterocycles. The summed E-state index contributed by atoms with van der Waals surface area (Å²) in [6.07, 6.45) is 8.20. The number of hydrogen-bond donors (Lipinski definition) is 5. The van der Waals surface area contributed by atoms with Crippen LogP contribution < -0.4 is 0 Å². The van der Waals surface area contributed by atoms with Gasteiger partial charge in [-0.15, -0.1) is 0 Å². The Balaban J connectivity index is 0. The molecule has 2 unspecified atom stereocenters. The summed E-state index contributed by atoms with van der Waals surface area (Å²) in [5.74, 6) is 0. The van der Waals surface area contributed by atoms with Gasteiger partial charge < -0.3 is 25.5 Å². The van der Waals surface area contributed by atoms with Crippen molar-refractivity contribution in [2.45, 2.75) is 89.8 Å². The van der Waals surface area contributed by atoms with Crippen LogP contribution in [0.3, 0.4) is 0 Å². The Hall–Kier alpha value is -0.200. The van der Waals surface area contributed by atoms with E-state index in [2.05, 4.69) is 6.92 Å². The summed E-state index contributed by atoms with van der Waals surface area (Å²) in [5.41, 5.74) is -1.09. The highest BCUT2D eigenvalue weighted by Crippen LogP contribution is 2.23. The topological polar surface area (TPSA) is 101 Å². The molecule has 0 aliphatic heterocycles. The average Bonchev–Trinajstić information content (AvgIpc) is 2.55. The van der Waals surface area contributed by atoms with Crippen LogP contribution in [0.5, 0.6) is 0 Å². The molecule has 0 aliphatic rings. The van der Waals surface area contributed by atoms with E-state index in [1.807, 2.05) is 6.92 Å². The lowest BCUT2D eigenvalue weighted by Crippen LogP contribution is -2.43. The highest BCUT2D eigenvalue weighted by Gasteiger charge is 2.32. The Bertz CT molecular complexity index is 207. The van der Waals surface area contributed by atoms with Gasteiger partial charge in [0.05, 0.1) is 12.2 Å². The molecule has 0 aromatic carbocycles. The lowest BCUT2D eigenvalue weighted by Gasteiger charge is -2.31. The van der Waals surface area contributed by atoms with Crippen LogP contribution in [-0.4, -0.2) is 57.1 Å². The minimum Gasteiger partial charge on any atom is -0.396 e. The number of aliphatic hydroxyl groups excluding tert-OH is 4. The minimum atomic E-state index is -1.09. The Kier molecular flexibility index (Phi) is 18.8. The van der Waals surface area contributed by atoms with Gasteiger partial charge in [-0.3, -0.25) is 0 Å². The molecule has 0 saturated heterocycles. The van der Waals surface area contributed by atoms with Crippen LogP contribution in [0.1, 0.15) is 78.1 Å². The van der Waals surface area contributed by atoms with E-state index < -0.39 is 11.7 Å². The zero-order valence-electron chi connectivity index (χ0n) is 14.5. The summed E-state index contributed by atoms with van der Waals surface area (Å²) in [4.78, 5) is 0. The second kappa shape index (κ2) is 17.2. The fraction of sp³-hybridized carbons (Fsp3) is 1.00. The van der Waals surface area contributed by atoms with Crippen molar-refractivity contribution in [3.05, 3.63) is 0 Å². The van der Waals surface area contributed by atoms with E-state index in [4.69, 9.17) is 15.3 Å². The predicted molar refractivity (Wildman–Crippen MR) is 89.7 cm³/mol. The molecule has 0 saturated carbocycles. The van der Waals surface area contributed by atoms with Crippen LogP contribution in [-0.2, 0) is 0 Å². The molecule has 5 heteroatoms. The Morgan fingerprint density at radius 1 is 0.773 bits per heavy atom. The fourth-order valence-corrected chi connectivity index (χ4v) is 2.18. The van der Waals surface area contributed by atoms with E-state index in [9.17, 15) is 10.2 Å². The van der Waals surface area contributed by atoms with Gasteiger partial charge in [0.25, 0.3) is 0 Å². The van der Waals surface area contributed by atoms with Gasteiger partial charge in [0.15, 0.2) is 0 Å². The van der Waals surface area contributed by atoms with Crippen LogP contribution in [0.4, 0.5) is 0 Å². The fourth-order valence-electron chi connectivity index (χ4n) is 2.18. The maximum atomic E-state index is 9.98. The number of rotatable bonds is 13. The van der Waals surface area contributed by atoms with E-state index in [0.717, 1.165) is 51.4 Å². The van der Waals surface area contributed by atoms with Crippen molar-refractivity contribution in [2.75, 3.05) is 19.8 Å². The average molecular weight is 322 g/mol. The smallest absolute Gasteiger partial charge is 0.106 e. The van der Waals surface area contributed by atoms with E-state index in [-0.39, 0.29) is 19.8 Å². The van der Waals surface area contributed by atoms with E-state index in [1.54, 1.807) is 0 Å². The van der Waals surface area contributed by atoms with Crippen molar-refractivity contribution in [2.24, 2.45) is 0 Å². The zero-order chi connectivity index (χ0) is 17.3. The van der Waals surface area contributed by atoms with Gasteiger partial charge in [0.2, 0.25) is 0 Å². The maximum absolute atomic E-state index is 9.98. The summed E-state index contributed by atoms with van der Waals surface area (Å²) in [5, 5.41) is 44.8. The van der Waals surface area contributed by atoms with Crippen molar-refractivity contribution in [1.82, 2.24) is 0 Å². The zero-order valence-corrected chi connectivity index (χ0v) is 14.5. The molecule has 0 bridgehead atoms. The molecular weight excluding hydrogens is 284 g/mol. The SMILES string of the molecule is CCCCCCC(O)(CC)C(O)CO.OCCCCCCO. The highest BCUT2D eigenvalue weighted by molar-refractivity contribution is 4.84. The third kappa shape index (κ3) is 13.5. The van der Waals surface area contributed by atoms with Crippen LogP contribution in [0.2, 0.25) is 0 Å². The largest absolute Gasteiger partial charge is 0.396 e. The molecule has 5 nitrogen and oxygen atoms in total. The number of hydrogen-bond acceptors (Lipinski definition) is 5. The summed E-state index contributed by atoms with van der Waals surface area (Å²) in [6.45, 7) is 4.17. The van der Waals surface area contributed by atoms with Gasteiger partial charge in [-0.1, -0.05) is 52.4 Å². The quantitative estimate of drug-likeness (QED) is 0.334. The summed E-state index contributed by atoms with van der Waals surface area (Å²) >= 11 is 0. The van der Waals surface area contributed by atoms with Crippen LogP contribution in [0.25, 0.3) is 0 Å². The Morgan fingerprint density at radius 3 is 1.64 bits per heavy atom. The normalized spacial score (nSPS) is 14.9. The first-order valence-corrected chi connectivity index (χ1v) is 8.75. The minimum absolute atomic E-state index is 0.283. The molecule has 136 valence electrons. The van der Waals surface area contributed by atoms with Gasteiger partial charge >= 0.3 is 0 Å². The second-order valence-electron chi connectivity index (χ2n) is 5.83. The predicted octanol–water partition coefficient (Wildman–Crippen LogP) is 1.98. The van der Waals surface area contributed by atoms with Gasteiger partial charge in [0.1, 0.15) is 6.10 Å². The van der Waals surface area contributed by atoms with E-state index in [0.29, 0.717) is 12.8 Å². The van der Waals surface area contributed by atoms with E-state index in [1.165, 1.54) is 0 Å². The third-order valence-corrected chi connectivity index (χ3v) is 3.93. The molecular formula is C17H38O5. The van der Waals surface area contributed by atoms with E-state index >= 15 is 0 Å². The Labute approximate surface area is 136 Å². The first-order chi connectivity index (χ1) is 10.5. The second-order valence-corrected chi connectivity index (χ2v) is 5.83. The molecule has 0 aromatic rings. The lowest BCUT2D eigenvalue weighted by atomic mass is 9.88. The van der Waals surface area contributed by atoms with Crippen molar-refractivity contribution in [3.8, 4) is 0 Å². The molecule has 0 spiro atoms. The molecule has 0 amide bonds. The van der Waals surface area contributed by atoms with Gasteiger partial charge in [-0.05, 0) is 25.7 Å². The highest BCUT2D eigenvalue weighted by atomic mass is 16.4. The third-order valence-electron chi connectivity index (χ3n) is 3.93. The van der Waals surface area contributed by atoms with Crippen molar-refractivity contribution in [1.29, 1.82) is 0 Å². The van der Waals surface area contributed by atoms with Gasteiger partial charge in [-0.25, -0.2) is 0 Å².